The number of fused-ring (bicyclic) bond motifs is 6. The van der Waals surface area contributed by atoms with Crippen LogP contribution >= 0.6 is 11.3 Å². The Morgan fingerprint density at radius 3 is 1.94 bits per heavy atom. The number of hydrogen-bond donors (Lipinski definition) is 0. The Labute approximate surface area is 275 Å². The lowest BCUT2D eigenvalue weighted by atomic mass is 10.00. The van der Waals surface area contributed by atoms with Gasteiger partial charge in [0, 0.05) is 52.7 Å². The van der Waals surface area contributed by atoms with E-state index in [0.717, 1.165) is 82.3 Å². The Balaban J connectivity index is 1.26. The number of furan rings is 1. The highest BCUT2D eigenvalue weighted by atomic mass is 32.1. The number of benzene rings is 7. The molecule has 0 aliphatic heterocycles. The van der Waals surface area contributed by atoms with Gasteiger partial charge >= 0.3 is 0 Å². The van der Waals surface area contributed by atoms with Gasteiger partial charge < -0.3 is 8.83 Å². The number of para-hydroxylation sites is 1. The second kappa shape index (κ2) is 8.76. The highest BCUT2D eigenvalue weighted by Gasteiger charge is 2.25. The Morgan fingerprint density at radius 1 is 0.500 bits per heavy atom. The van der Waals surface area contributed by atoms with Crippen LogP contribution in [0.3, 0.4) is 0 Å². The summed E-state index contributed by atoms with van der Waals surface area (Å²) in [7, 11) is 0. The van der Waals surface area contributed by atoms with E-state index in [2.05, 4.69) is 114 Å². The van der Waals surface area contributed by atoms with Gasteiger partial charge in [-0.25, -0.2) is 9.97 Å². The molecule has 0 N–H and O–H groups in total. The van der Waals surface area contributed by atoms with Crippen LogP contribution in [0.25, 0.3) is 114 Å². The molecule has 12 aromatic rings. The number of aromatic nitrogens is 3. The minimum Gasteiger partial charge on any atom is -0.456 e. The van der Waals surface area contributed by atoms with Gasteiger partial charge in [-0.3, -0.25) is 4.57 Å². The summed E-state index contributed by atoms with van der Waals surface area (Å²) in [5.74, 6) is 0.606. The van der Waals surface area contributed by atoms with Crippen molar-refractivity contribution in [2.75, 3.05) is 0 Å². The molecule has 0 fully saturated rings. The summed E-state index contributed by atoms with van der Waals surface area (Å²) in [4.78, 5) is 10.7. The van der Waals surface area contributed by atoms with Gasteiger partial charge in [0.25, 0.3) is 0 Å². The quantitative estimate of drug-likeness (QED) is 0.190. The van der Waals surface area contributed by atoms with Crippen LogP contribution in [0.1, 0.15) is 0 Å². The smallest absolute Gasteiger partial charge is 0.236 e. The van der Waals surface area contributed by atoms with Gasteiger partial charge in [-0.15, -0.1) is 11.3 Å². The van der Waals surface area contributed by atoms with Gasteiger partial charge in [0.15, 0.2) is 5.58 Å². The van der Waals surface area contributed by atoms with Crippen LogP contribution in [-0.4, -0.2) is 14.5 Å². The largest absolute Gasteiger partial charge is 0.456 e. The van der Waals surface area contributed by atoms with Crippen molar-refractivity contribution in [2.24, 2.45) is 0 Å². The standard InChI is InChI=1S/C42H21N3O2S/c1-3-11-30-26(10-1)40-41(47-30)39(24-17-20-34-27(21-24)25-9-2-4-14-33(25)48-34)43-42(44-40)45-28-18-15-22-7-5-12-31-35(22)37(28)38-29(45)19-16-23-8-6-13-32(46-31)36(23)38/h1-21H. The van der Waals surface area contributed by atoms with Crippen LogP contribution < -0.4 is 0 Å². The van der Waals surface area contributed by atoms with Crippen LogP contribution in [0.2, 0.25) is 0 Å². The third-order valence-electron chi connectivity index (χ3n) is 9.98. The molecule has 0 saturated carbocycles. The molecule has 5 nitrogen and oxygen atoms in total. The minimum atomic E-state index is 0.606. The van der Waals surface area contributed by atoms with Crippen molar-refractivity contribution in [1.82, 2.24) is 14.5 Å². The molecule has 0 radical (unpaired) electrons. The summed E-state index contributed by atoms with van der Waals surface area (Å²) < 4.78 is 17.9. The Kier molecular flexibility index (Phi) is 4.55. The molecule has 7 aromatic carbocycles. The molecular weight excluding hydrogens is 611 g/mol. The zero-order valence-electron chi connectivity index (χ0n) is 25.2. The average molecular weight is 632 g/mol. The SMILES string of the molecule is c1ccc2c(c1)oc1c(-c3ccc4sc5ccccc5c4c3)nc(-n3c4ccc5cccc6oc7cccc8ccc3c(c87)c4c56)nc12. The van der Waals surface area contributed by atoms with Crippen molar-refractivity contribution < 1.29 is 8.83 Å². The number of rotatable bonds is 2. The van der Waals surface area contributed by atoms with Gasteiger partial charge in [-0.2, -0.15) is 0 Å². The van der Waals surface area contributed by atoms with Crippen molar-refractivity contribution >= 4 is 108 Å². The first kappa shape index (κ1) is 24.9. The molecule has 222 valence electrons. The molecule has 0 spiro atoms. The fourth-order valence-corrected chi connectivity index (χ4v) is 9.02. The molecule has 5 aromatic heterocycles. The molecule has 0 aliphatic rings. The van der Waals surface area contributed by atoms with Gasteiger partial charge in [0.1, 0.15) is 28.0 Å². The molecule has 6 heteroatoms. The lowest BCUT2D eigenvalue weighted by Crippen LogP contribution is -2.03. The van der Waals surface area contributed by atoms with E-state index in [1.165, 1.54) is 20.2 Å². The third kappa shape index (κ3) is 3.10. The topological polar surface area (TPSA) is 57.0 Å². The summed E-state index contributed by atoms with van der Waals surface area (Å²) in [6, 6.07) is 44.7. The molecule has 0 aliphatic carbocycles. The summed E-state index contributed by atoms with van der Waals surface area (Å²) in [6.45, 7) is 0. The van der Waals surface area contributed by atoms with E-state index in [-0.39, 0.29) is 0 Å². The fourth-order valence-electron chi connectivity index (χ4n) is 7.93. The van der Waals surface area contributed by atoms with E-state index in [0.29, 0.717) is 11.5 Å². The number of nitrogens with zero attached hydrogens (tertiary/aromatic N) is 3. The molecule has 12 rings (SSSR count). The number of hydrogen-bond acceptors (Lipinski definition) is 5. The molecule has 0 unspecified atom stereocenters. The normalized spacial score (nSPS) is 12.6. The summed E-state index contributed by atoms with van der Waals surface area (Å²) in [5, 5.41) is 10.2. The third-order valence-corrected chi connectivity index (χ3v) is 11.1. The molecule has 0 amide bonds. The van der Waals surface area contributed by atoms with Crippen molar-refractivity contribution in [1.29, 1.82) is 0 Å². The molecule has 5 heterocycles. The van der Waals surface area contributed by atoms with E-state index in [1.807, 2.05) is 29.5 Å². The van der Waals surface area contributed by atoms with E-state index in [9.17, 15) is 0 Å². The van der Waals surface area contributed by atoms with Crippen LogP contribution in [0.15, 0.2) is 136 Å². The van der Waals surface area contributed by atoms with Crippen molar-refractivity contribution in [3.63, 3.8) is 0 Å². The summed E-state index contributed by atoms with van der Waals surface area (Å²) in [5.41, 5.74) is 7.84. The maximum Gasteiger partial charge on any atom is 0.236 e. The fraction of sp³-hybridized carbons (Fsp3) is 0. The second-order valence-corrected chi connectivity index (χ2v) is 13.6. The van der Waals surface area contributed by atoms with Gasteiger partial charge in [-0.05, 0) is 65.4 Å². The van der Waals surface area contributed by atoms with Crippen molar-refractivity contribution in [3.8, 4) is 17.2 Å². The lowest BCUT2D eigenvalue weighted by Gasteiger charge is -2.10. The Morgan fingerprint density at radius 2 is 1.17 bits per heavy atom. The first-order valence-electron chi connectivity index (χ1n) is 16.0. The van der Waals surface area contributed by atoms with Gasteiger partial charge in [-0.1, -0.05) is 72.8 Å². The van der Waals surface area contributed by atoms with E-state index in [1.54, 1.807) is 0 Å². The van der Waals surface area contributed by atoms with E-state index < -0.39 is 0 Å². The molecule has 0 saturated heterocycles. The van der Waals surface area contributed by atoms with Crippen LogP contribution in [-0.2, 0) is 0 Å². The van der Waals surface area contributed by atoms with Gasteiger partial charge in [0.2, 0.25) is 5.95 Å². The monoisotopic (exact) mass is 631 g/mol. The van der Waals surface area contributed by atoms with Crippen LogP contribution in [0.4, 0.5) is 0 Å². The van der Waals surface area contributed by atoms with E-state index in [4.69, 9.17) is 18.8 Å². The highest BCUT2D eigenvalue weighted by molar-refractivity contribution is 7.25. The van der Waals surface area contributed by atoms with Crippen LogP contribution in [0.5, 0.6) is 0 Å². The lowest BCUT2D eigenvalue weighted by molar-refractivity contribution is 0.664. The summed E-state index contributed by atoms with van der Waals surface area (Å²) in [6.07, 6.45) is 0. The minimum absolute atomic E-state index is 0.606. The number of thiophene rings is 1. The van der Waals surface area contributed by atoms with Gasteiger partial charge in [0.05, 0.1) is 11.0 Å². The van der Waals surface area contributed by atoms with Crippen molar-refractivity contribution in [3.05, 3.63) is 127 Å². The Bertz CT molecular complexity index is 3200. The van der Waals surface area contributed by atoms with E-state index >= 15 is 0 Å². The predicted molar refractivity (Wildman–Crippen MR) is 198 cm³/mol. The molecule has 0 atom stereocenters. The second-order valence-electron chi connectivity index (χ2n) is 12.5. The summed E-state index contributed by atoms with van der Waals surface area (Å²) >= 11 is 1.81. The molecular formula is C42H21N3O2S. The maximum atomic E-state index is 6.64. The zero-order valence-corrected chi connectivity index (χ0v) is 26.0. The van der Waals surface area contributed by atoms with Crippen molar-refractivity contribution in [2.45, 2.75) is 0 Å². The predicted octanol–water partition coefficient (Wildman–Crippen LogP) is 12.0. The zero-order chi connectivity index (χ0) is 31.1. The van der Waals surface area contributed by atoms with Crippen LogP contribution in [0, 0.1) is 0 Å². The first-order valence-corrected chi connectivity index (χ1v) is 16.8. The maximum absolute atomic E-state index is 6.64. The Hall–Kier alpha value is -6.24. The first-order chi connectivity index (χ1) is 23.8. The molecule has 48 heavy (non-hydrogen) atoms. The molecule has 0 bridgehead atoms. The highest BCUT2D eigenvalue weighted by Crippen LogP contribution is 2.45. The average Bonchev–Trinajstić information content (AvgIpc) is 3.77.